The van der Waals surface area contributed by atoms with Crippen LogP contribution in [0, 0.1) is 0 Å². The molecule has 0 bridgehead atoms. The van der Waals surface area contributed by atoms with Gasteiger partial charge in [0.1, 0.15) is 0 Å². The third-order valence-corrected chi connectivity index (χ3v) is 6.44. The molecule has 0 aliphatic carbocycles. The number of thiophene rings is 1. The first-order valence-corrected chi connectivity index (χ1v) is 10.4. The van der Waals surface area contributed by atoms with E-state index >= 15 is 0 Å². The zero-order chi connectivity index (χ0) is 17.8. The number of carbonyl (C=O) groups excluding carboxylic acids is 2. The first-order valence-electron chi connectivity index (χ1n) is 9.55. The maximum absolute atomic E-state index is 13.0. The molecule has 0 saturated carbocycles. The molecular weight excluding hydrogens is 370 g/mol. The molecule has 2 saturated heterocycles. The van der Waals surface area contributed by atoms with Crippen LogP contribution in [0.3, 0.4) is 0 Å². The molecule has 2 aliphatic rings. The Morgan fingerprint density at radius 1 is 1.35 bits per heavy atom. The van der Waals surface area contributed by atoms with E-state index in [9.17, 15) is 9.59 Å². The molecular formula is C19H30ClN3O2S. The Balaban J connectivity index is 0.00000243. The van der Waals surface area contributed by atoms with Crippen LogP contribution in [0.5, 0.6) is 0 Å². The van der Waals surface area contributed by atoms with Gasteiger partial charge in [-0.1, -0.05) is 20.3 Å². The van der Waals surface area contributed by atoms with Crippen molar-refractivity contribution in [3.8, 4) is 0 Å². The predicted octanol–water partition coefficient (Wildman–Crippen LogP) is 2.72. The average Bonchev–Trinajstić information content (AvgIpc) is 3.05. The second kappa shape index (κ2) is 9.72. The summed E-state index contributed by atoms with van der Waals surface area (Å²) in [5.41, 5.74) is 1.32. The summed E-state index contributed by atoms with van der Waals surface area (Å²) in [5.74, 6) is 0.314. The van der Waals surface area contributed by atoms with Crippen molar-refractivity contribution in [1.29, 1.82) is 0 Å². The number of piperazine rings is 1. The van der Waals surface area contributed by atoms with E-state index in [0.29, 0.717) is 13.1 Å². The van der Waals surface area contributed by atoms with Gasteiger partial charge in [-0.25, -0.2) is 0 Å². The molecule has 0 radical (unpaired) electrons. The molecule has 1 atom stereocenters. The van der Waals surface area contributed by atoms with Crippen LogP contribution >= 0.6 is 23.7 Å². The zero-order valence-electron chi connectivity index (χ0n) is 15.8. The standard InChI is InChI=1S/C19H29N3O2S.ClH/c1-3-6-16-14(4-2)11-17(25-16)19(24)21-9-5-7-15(13-21)22-10-8-20-12-18(22)23;/h11,15,20H,3-10,12-13H2,1-2H3;1H. The van der Waals surface area contributed by atoms with E-state index in [1.165, 1.54) is 10.4 Å². The van der Waals surface area contributed by atoms with Gasteiger partial charge >= 0.3 is 0 Å². The number of nitrogens with zero attached hydrogens (tertiary/aromatic N) is 2. The van der Waals surface area contributed by atoms with E-state index in [1.807, 2.05) is 9.80 Å². The SMILES string of the molecule is CCCc1sc(C(=O)N2CCCC(N3CCNCC3=O)C2)cc1CC.Cl. The van der Waals surface area contributed by atoms with Gasteiger partial charge in [-0.05, 0) is 37.3 Å². The molecule has 7 heteroatoms. The van der Waals surface area contributed by atoms with Gasteiger partial charge in [0.2, 0.25) is 5.91 Å². The molecule has 146 valence electrons. The van der Waals surface area contributed by atoms with Crippen LogP contribution in [0.2, 0.25) is 0 Å². The van der Waals surface area contributed by atoms with Gasteiger partial charge in [0.05, 0.1) is 11.4 Å². The third kappa shape index (κ3) is 4.59. The number of nitrogens with one attached hydrogen (secondary N) is 1. The van der Waals surface area contributed by atoms with E-state index in [0.717, 1.165) is 56.6 Å². The molecule has 1 N–H and O–H groups in total. The van der Waals surface area contributed by atoms with Crippen LogP contribution in [0.25, 0.3) is 0 Å². The molecule has 1 aromatic rings. The highest BCUT2D eigenvalue weighted by molar-refractivity contribution is 7.14. The molecule has 5 nitrogen and oxygen atoms in total. The monoisotopic (exact) mass is 399 g/mol. The van der Waals surface area contributed by atoms with E-state index in [-0.39, 0.29) is 30.3 Å². The van der Waals surface area contributed by atoms with Crippen molar-refractivity contribution in [3.63, 3.8) is 0 Å². The minimum Gasteiger partial charge on any atom is -0.336 e. The van der Waals surface area contributed by atoms with Gasteiger partial charge in [0.25, 0.3) is 5.91 Å². The van der Waals surface area contributed by atoms with Crippen molar-refractivity contribution in [2.45, 2.75) is 52.0 Å². The molecule has 1 unspecified atom stereocenters. The molecule has 1 aromatic heterocycles. The van der Waals surface area contributed by atoms with Crippen LogP contribution in [-0.2, 0) is 17.6 Å². The smallest absolute Gasteiger partial charge is 0.264 e. The number of amides is 2. The number of piperidine rings is 1. The molecule has 3 heterocycles. The highest BCUT2D eigenvalue weighted by Gasteiger charge is 2.32. The molecule has 0 aromatic carbocycles. The maximum atomic E-state index is 13.0. The Morgan fingerprint density at radius 2 is 2.15 bits per heavy atom. The minimum absolute atomic E-state index is 0. The molecule has 26 heavy (non-hydrogen) atoms. The number of aryl methyl sites for hydroxylation is 2. The molecule has 2 amide bonds. The average molecular weight is 400 g/mol. The largest absolute Gasteiger partial charge is 0.336 e. The summed E-state index contributed by atoms with van der Waals surface area (Å²) in [5, 5.41) is 3.12. The quantitative estimate of drug-likeness (QED) is 0.828. The molecule has 0 spiro atoms. The van der Waals surface area contributed by atoms with Crippen molar-refractivity contribution < 1.29 is 9.59 Å². The highest BCUT2D eigenvalue weighted by Crippen LogP contribution is 2.27. The summed E-state index contributed by atoms with van der Waals surface area (Å²) in [7, 11) is 0. The lowest BCUT2D eigenvalue weighted by Gasteiger charge is -2.41. The van der Waals surface area contributed by atoms with E-state index < -0.39 is 0 Å². The number of halogens is 1. The van der Waals surface area contributed by atoms with Crippen molar-refractivity contribution >= 4 is 35.6 Å². The van der Waals surface area contributed by atoms with Crippen molar-refractivity contribution in [1.82, 2.24) is 15.1 Å². The Morgan fingerprint density at radius 3 is 2.85 bits per heavy atom. The molecule has 2 fully saturated rings. The second-order valence-corrected chi connectivity index (χ2v) is 8.11. The summed E-state index contributed by atoms with van der Waals surface area (Å²) in [6, 6.07) is 2.27. The van der Waals surface area contributed by atoms with Crippen molar-refractivity contribution in [2.75, 3.05) is 32.7 Å². The number of carbonyl (C=O) groups is 2. The summed E-state index contributed by atoms with van der Waals surface area (Å²) in [6.45, 7) is 7.84. The van der Waals surface area contributed by atoms with Crippen molar-refractivity contribution in [3.05, 3.63) is 21.4 Å². The van der Waals surface area contributed by atoms with Gasteiger partial charge in [-0.15, -0.1) is 23.7 Å². The lowest BCUT2D eigenvalue weighted by molar-refractivity contribution is -0.135. The lowest BCUT2D eigenvalue weighted by atomic mass is 10.0. The van der Waals surface area contributed by atoms with E-state index in [1.54, 1.807) is 11.3 Å². The maximum Gasteiger partial charge on any atom is 0.264 e. The summed E-state index contributed by atoms with van der Waals surface area (Å²) in [6.07, 6.45) is 5.12. The molecule has 3 rings (SSSR count). The summed E-state index contributed by atoms with van der Waals surface area (Å²) >= 11 is 1.67. The first kappa shape index (κ1) is 21.2. The lowest BCUT2D eigenvalue weighted by Crippen LogP contribution is -2.57. The third-order valence-electron chi connectivity index (χ3n) is 5.22. The fourth-order valence-corrected chi connectivity index (χ4v) is 5.19. The second-order valence-electron chi connectivity index (χ2n) is 6.97. The van der Waals surface area contributed by atoms with Gasteiger partial charge < -0.3 is 15.1 Å². The fourth-order valence-electron chi connectivity index (χ4n) is 3.87. The number of rotatable bonds is 5. The summed E-state index contributed by atoms with van der Waals surface area (Å²) in [4.78, 5) is 31.3. The van der Waals surface area contributed by atoms with Crippen LogP contribution in [-0.4, -0.2) is 60.4 Å². The topological polar surface area (TPSA) is 52.7 Å². The van der Waals surface area contributed by atoms with E-state index in [4.69, 9.17) is 0 Å². The normalized spacial score (nSPS) is 20.8. The fraction of sp³-hybridized carbons (Fsp3) is 0.684. The zero-order valence-corrected chi connectivity index (χ0v) is 17.4. The van der Waals surface area contributed by atoms with Gasteiger partial charge in [0.15, 0.2) is 0 Å². The highest BCUT2D eigenvalue weighted by atomic mass is 35.5. The van der Waals surface area contributed by atoms with Crippen LogP contribution < -0.4 is 5.32 Å². The van der Waals surface area contributed by atoms with Gasteiger partial charge in [-0.2, -0.15) is 0 Å². The Hall–Kier alpha value is -1.11. The van der Waals surface area contributed by atoms with Crippen LogP contribution in [0.1, 0.15) is 53.2 Å². The van der Waals surface area contributed by atoms with Crippen LogP contribution in [0.15, 0.2) is 6.07 Å². The first-order chi connectivity index (χ1) is 12.1. The van der Waals surface area contributed by atoms with Crippen molar-refractivity contribution in [2.24, 2.45) is 0 Å². The van der Waals surface area contributed by atoms with E-state index in [2.05, 4.69) is 25.2 Å². The number of hydrogen-bond donors (Lipinski definition) is 1. The minimum atomic E-state index is 0. The van der Waals surface area contributed by atoms with Crippen LogP contribution in [0.4, 0.5) is 0 Å². The predicted molar refractivity (Wildman–Crippen MR) is 108 cm³/mol. The number of hydrogen-bond acceptors (Lipinski definition) is 4. The Kier molecular flexibility index (Phi) is 7.92. The van der Waals surface area contributed by atoms with Gasteiger partial charge in [-0.3, -0.25) is 9.59 Å². The Bertz CT molecular complexity index is 634. The van der Waals surface area contributed by atoms with Gasteiger partial charge in [0, 0.05) is 37.1 Å². The summed E-state index contributed by atoms with van der Waals surface area (Å²) < 4.78 is 0. The number of likely N-dealkylation sites (tertiary alicyclic amines) is 1. The Labute approximate surface area is 166 Å². The molecule has 2 aliphatic heterocycles.